The number of halogens is 1. The third kappa shape index (κ3) is 4.88. The lowest BCUT2D eigenvalue weighted by molar-refractivity contribution is 0.0155. The average molecular weight is 443 g/mol. The molecule has 2 aromatic heterocycles. The van der Waals surface area contributed by atoms with Crippen molar-refractivity contribution in [2.45, 2.75) is 50.7 Å². The fourth-order valence-electron chi connectivity index (χ4n) is 4.67. The van der Waals surface area contributed by atoms with Gasteiger partial charge in [-0.25, -0.2) is 9.37 Å². The molecule has 4 heterocycles. The summed E-state index contributed by atoms with van der Waals surface area (Å²) < 4.78 is 26.4. The van der Waals surface area contributed by atoms with E-state index in [-0.39, 0.29) is 23.7 Å². The Hall–Kier alpha value is -2.65. The minimum Gasteiger partial charge on any atom is -0.490 e. The van der Waals surface area contributed by atoms with E-state index in [0.29, 0.717) is 24.2 Å². The molecule has 2 unspecified atom stereocenters. The molecule has 0 aliphatic carbocycles. The molecule has 3 N–H and O–H groups in total. The zero-order valence-corrected chi connectivity index (χ0v) is 18.3. The van der Waals surface area contributed by atoms with E-state index in [9.17, 15) is 4.39 Å². The minimum absolute atomic E-state index is 0.0306. The highest BCUT2D eigenvalue weighted by molar-refractivity contribution is 5.77. The summed E-state index contributed by atoms with van der Waals surface area (Å²) in [6.07, 6.45) is 9.94. The number of rotatable bonds is 8. The molecule has 0 amide bonds. The molecular weight excluding hydrogens is 411 g/mol. The highest BCUT2D eigenvalue weighted by Crippen LogP contribution is 2.32. The molecule has 0 saturated carbocycles. The summed E-state index contributed by atoms with van der Waals surface area (Å²) in [5, 5.41) is 10.1. The number of piperidine rings is 1. The van der Waals surface area contributed by atoms with Crippen LogP contribution in [0.1, 0.15) is 50.3 Å². The van der Waals surface area contributed by atoms with E-state index in [1.165, 1.54) is 25.3 Å². The Bertz CT molecular complexity index is 1000. The Balaban J connectivity index is 1.25. The molecule has 32 heavy (non-hydrogen) atoms. The summed E-state index contributed by atoms with van der Waals surface area (Å²) >= 11 is 0. The third-order valence-corrected chi connectivity index (χ3v) is 6.36. The molecule has 2 aliphatic heterocycles. The lowest BCUT2D eigenvalue weighted by Crippen LogP contribution is -2.35. The first kappa shape index (κ1) is 21.2. The Morgan fingerprint density at radius 2 is 2.12 bits per heavy atom. The number of anilines is 1. The minimum atomic E-state index is -0.362. The van der Waals surface area contributed by atoms with Crippen LogP contribution in [-0.2, 0) is 4.74 Å². The zero-order valence-electron chi connectivity index (χ0n) is 18.3. The largest absolute Gasteiger partial charge is 0.490 e. The molecule has 2 fully saturated rings. The van der Waals surface area contributed by atoms with E-state index in [0.717, 1.165) is 50.4 Å². The summed E-state index contributed by atoms with van der Waals surface area (Å²) in [4.78, 5) is 10.5. The van der Waals surface area contributed by atoms with Crippen molar-refractivity contribution in [2.24, 2.45) is 0 Å². The van der Waals surface area contributed by atoms with Crippen LogP contribution in [0, 0.1) is 5.82 Å². The number of benzene rings is 1. The number of likely N-dealkylation sites (tertiary alicyclic amines) is 1. The Morgan fingerprint density at radius 1 is 1.22 bits per heavy atom. The smallest absolute Gasteiger partial charge is 0.167 e. The molecular formula is C23H31FN6O2. The second kappa shape index (κ2) is 9.87. The third-order valence-electron chi connectivity index (χ3n) is 6.36. The number of hydrogen-bond donors (Lipinski definition) is 3. The van der Waals surface area contributed by atoms with E-state index in [1.54, 1.807) is 18.5 Å². The second-order valence-corrected chi connectivity index (χ2v) is 8.70. The maximum absolute atomic E-state index is 14.7. The van der Waals surface area contributed by atoms with Gasteiger partial charge < -0.3 is 24.7 Å². The normalized spacial score (nSPS) is 22.3. The quantitative estimate of drug-likeness (QED) is 0.457. The van der Waals surface area contributed by atoms with Crippen LogP contribution in [0.4, 0.5) is 10.1 Å². The number of nitrogens with zero attached hydrogens (tertiary/aromatic N) is 3. The van der Waals surface area contributed by atoms with Crippen molar-refractivity contribution >= 4 is 16.7 Å². The molecule has 8 nitrogen and oxygen atoms in total. The molecule has 5 rings (SSSR count). The van der Waals surface area contributed by atoms with E-state index < -0.39 is 0 Å². The van der Waals surface area contributed by atoms with Gasteiger partial charge in [-0.2, -0.15) is 5.10 Å². The summed E-state index contributed by atoms with van der Waals surface area (Å²) in [5.41, 5.74) is 2.25. The van der Waals surface area contributed by atoms with E-state index in [1.807, 2.05) is 0 Å². The molecule has 2 saturated heterocycles. The Labute approximate surface area is 186 Å². The molecule has 0 spiro atoms. The van der Waals surface area contributed by atoms with Gasteiger partial charge in [0.1, 0.15) is 12.1 Å². The van der Waals surface area contributed by atoms with Crippen LogP contribution in [0.5, 0.6) is 5.75 Å². The van der Waals surface area contributed by atoms with Gasteiger partial charge in [-0.05, 0) is 45.2 Å². The number of imidazole rings is 1. The van der Waals surface area contributed by atoms with Gasteiger partial charge in [0, 0.05) is 31.5 Å². The standard InChI is InChI=1S/C23H31FN6O2/c24-18-12-19-20(13-21(18)31-11-5-9-30-7-2-1-3-8-30)29-22(28-19)17-6-4-10-32-23(17)27-16-14-25-26-15-16/h12-15,17,23,27H,1-11H2,(H,25,26)(H,28,29). The number of nitrogens with one attached hydrogen (secondary N) is 3. The highest BCUT2D eigenvalue weighted by atomic mass is 19.1. The second-order valence-electron chi connectivity index (χ2n) is 8.70. The fourth-order valence-corrected chi connectivity index (χ4v) is 4.67. The van der Waals surface area contributed by atoms with Gasteiger partial charge >= 0.3 is 0 Å². The SMILES string of the molecule is Fc1cc2[nH]c(C3CCCOC3Nc3cn[nH]c3)nc2cc1OCCCN1CCCCC1. The maximum atomic E-state index is 14.7. The van der Waals surface area contributed by atoms with Crippen LogP contribution in [0.2, 0.25) is 0 Å². The number of aromatic nitrogens is 4. The molecule has 9 heteroatoms. The average Bonchev–Trinajstić information content (AvgIpc) is 3.47. The predicted octanol–water partition coefficient (Wildman–Crippen LogP) is 4.01. The summed E-state index contributed by atoms with van der Waals surface area (Å²) in [5.74, 6) is 0.728. The van der Waals surface area contributed by atoms with Crippen molar-refractivity contribution in [3.63, 3.8) is 0 Å². The molecule has 2 aliphatic rings. The molecule has 0 bridgehead atoms. The van der Waals surface area contributed by atoms with Gasteiger partial charge in [-0.3, -0.25) is 5.10 Å². The van der Waals surface area contributed by atoms with Gasteiger partial charge in [-0.15, -0.1) is 0 Å². The van der Waals surface area contributed by atoms with Crippen LogP contribution < -0.4 is 10.1 Å². The van der Waals surface area contributed by atoms with Crippen molar-refractivity contribution in [2.75, 3.05) is 38.2 Å². The maximum Gasteiger partial charge on any atom is 0.167 e. The van der Waals surface area contributed by atoms with Crippen molar-refractivity contribution in [1.82, 2.24) is 25.1 Å². The summed E-state index contributed by atoms with van der Waals surface area (Å²) in [6, 6.07) is 3.18. The molecule has 2 atom stereocenters. The molecule has 0 radical (unpaired) electrons. The van der Waals surface area contributed by atoms with Crippen molar-refractivity contribution in [3.8, 4) is 5.75 Å². The summed E-state index contributed by atoms with van der Waals surface area (Å²) in [6.45, 7) is 4.53. The number of aromatic amines is 2. The van der Waals surface area contributed by atoms with Crippen LogP contribution in [-0.4, -0.2) is 64.1 Å². The highest BCUT2D eigenvalue weighted by Gasteiger charge is 2.30. The van der Waals surface area contributed by atoms with Gasteiger partial charge in [0.05, 0.1) is 35.4 Å². The van der Waals surface area contributed by atoms with Crippen molar-refractivity contribution in [3.05, 3.63) is 36.2 Å². The van der Waals surface area contributed by atoms with E-state index >= 15 is 0 Å². The predicted molar refractivity (Wildman–Crippen MR) is 120 cm³/mol. The number of hydrogen-bond acceptors (Lipinski definition) is 6. The van der Waals surface area contributed by atoms with Crippen molar-refractivity contribution in [1.29, 1.82) is 0 Å². The van der Waals surface area contributed by atoms with Crippen molar-refractivity contribution < 1.29 is 13.9 Å². The van der Waals surface area contributed by atoms with E-state index in [4.69, 9.17) is 14.5 Å². The number of H-pyrrole nitrogens is 2. The van der Waals surface area contributed by atoms with Crippen LogP contribution in [0.3, 0.4) is 0 Å². The van der Waals surface area contributed by atoms with Crippen LogP contribution in [0.15, 0.2) is 24.5 Å². The first-order valence-corrected chi connectivity index (χ1v) is 11.7. The van der Waals surface area contributed by atoms with Gasteiger partial charge in [0.15, 0.2) is 11.6 Å². The lowest BCUT2D eigenvalue weighted by atomic mass is 9.98. The first-order chi connectivity index (χ1) is 15.8. The van der Waals surface area contributed by atoms with E-state index in [2.05, 4.69) is 25.4 Å². The van der Waals surface area contributed by atoms with Crippen LogP contribution >= 0.6 is 0 Å². The first-order valence-electron chi connectivity index (χ1n) is 11.7. The zero-order chi connectivity index (χ0) is 21.8. The molecule has 1 aromatic carbocycles. The Kier molecular flexibility index (Phi) is 6.54. The van der Waals surface area contributed by atoms with Gasteiger partial charge in [0.25, 0.3) is 0 Å². The number of ether oxygens (including phenoxy) is 2. The lowest BCUT2D eigenvalue weighted by Gasteiger charge is -2.31. The van der Waals surface area contributed by atoms with Crippen LogP contribution in [0.25, 0.3) is 11.0 Å². The molecule has 172 valence electrons. The monoisotopic (exact) mass is 442 g/mol. The Morgan fingerprint density at radius 3 is 2.97 bits per heavy atom. The van der Waals surface area contributed by atoms with Gasteiger partial charge in [-0.1, -0.05) is 6.42 Å². The number of fused-ring (bicyclic) bond motifs is 1. The van der Waals surface area contributed by atoms with Gasteiger partial charge in [0.2, 0.25) is 0 Å². The molecule has 3 aromatic rings. The topological polar surface area (TPSA) is 91.1 Å². The fraction of sp³-hybridized carbons (Fsp3) is 0.565. The summed E-state index contributed by atoms with van der Waals surface area (Å²) in [7, 11) is 0.